The molecule has 0 aromatic heterocycles. The first-order valence-corrected chi connectivity index (χ1v) is 9.77. The summed E-state index contributed by atoms with van der Waals surface area (Å²) in [6.45, 7) is 5.85. The third-order valence-electron chi connectivity index (χ3n) is 4.37. The van der Waals surface area contributed by atoms with Gasteiger partial charge in [-0.15, -0.1) is 0 Å². The van der Waals surface area contributed by atoms with Crippen molar-refractivity contribution in [2.45, 2.75) is 32.4 Å². The van der Waals surface area contributed by atoms with Crippen molar-refractivity contribution in [3.05, 3.63) is 59.7 Å². The third kappa shape index (κ3) is 7.08. The van der Waals surface area contributed by atoms with Crippen LogP contribution in [0.4, 0.5) is 10.5 Å². The summed E-state index contributed by atoms with van der Waals surface area (Å²) in [7, 11) is 5.57. The predicted octanol–water partition coefficient (Wildman–Crippen LogP) is 4.07. The maximum atomic E-state index is 12.6. The van der Waals surface area contributed by atoms with Crippen LogP contribution in [0.3, 0.4) is 0 Å². The van der Waals surface area contributed by atoms with Gasteiger partial charge in [-0.25, -0.2) is 4.79 Å². The van der Waals surface area contributed by atoms with Gasteiger partial charge in [0, 0.05) is 17.8 Å². The Bertz CT molecular complexity index is 840. The van der Waals surface area contributed by atoms with Crippen molar-refractivity contribution in [2.75, 3.05) is 33.1 Å². The number of nitrogens with zero attached hydrogens (tertiary/aromatic N) is 1. The first-order chi connectivity index (χ1) is 14.1. The van der Waals surface area contributed by atoms with Gasteiger partial charge in [-0.2, -0.15) is 0 Å². The number of nitrogens with one attached hydrogen (secondary N) is 2. The highest BCUT2D eigenvalue weighted by atomic mass is 16.6. The summed E-state index contributed by atoms with van der Waals surface area (Å²) in [6.07, 6.45) is -0.534. The van der Waals surface area contributed by atoms with Crippen LogP contribution in [0.25, 0.3) is 0 Å². The molecule has 0 saturated carbocycles. The molecule has 0 aliphatic rings. The fraction of sp³-hybridized carbons (Fsp3) is 0.391. The Morgan fingerprint density at radius 1 is 1.00 bits per heavy atom. The van der Waals surface area contributed by atoms with Crippen molar-refractivity contribution < 1.29 is 19.1 Å². The molecule has 0 unspecified atom stereocenters. The largest absolute Gasteiger partial charge is 0.497 e. The number of rotatable bonds is 7. The molecular formula is C23H31N3O4. The van der Waals surface area contributed by atoms with E-state index >= 15 is 0 Å². The van der Waals surface area contributed by atoms with Crippen LogP contribution < -0.4 is 15.4 Å². The first-order valence-electron chi connectivity index (χ1n) is 9.77. The van der Waals surface area contributed by atoms with E-state index < -0.39 is 11.7 Å². The van der Waals surface area contributed by atoms with E-state index in [0.717, 1.165) is 11.3 Å². The van der Waals surface area contributed by atoms with Crippen LogP contribution in [0.2, 0.25) is 0 Å². The molecule has 2 N–H and O–H groups in total. The zero-order valence-corrected chi connectivity index (χ0v) is 18.5. The highest BCUT2D eigenvalue weighted by Gasteiger charge is 2.18. The molecule has 2 rings (SSSR count). The Balaban J connectivity index is 1.96. The smallest absolute Gasteiger partial charge is 0.412 e. The number of likely N-dealkylation sites (N-methyl/N-ethyl adjacent to an activating group) is 1. The summed E-state index contributed by atoms with van der Waals surface area (Å²) in [5, 5.41) is 5.63. The monoisotopic (exact) mass is 413 g/mol. The van der Waals surface area contributed by atoms with Crippen LogP contribution in [0.1, 0.15) is 42.7 Å². The lowest BCUT2D eigenvalue weighted by Gasteiger charge is -2.25. The first kappa shape index (κ1) is 23.2. The highest BCUT2D eigenvalue weighted by Crippen LogP contribution is 2.21. The Kier molecular flexibility index (Phi) is 7.83. The molecule has 162 valence electrons. The van der Waals surface area contributed by atoms with E-state index in [1.165, 1.54) is 0 Å². The number of amides is 2. The molecule has 0 spiro atoms. The van der Waals surface area contributed by atoms with Gasteiger partial charge in [-0.1, -0.05) is 12.1 Å². The third-order valence-corrected chi connectivity index (χ3v) is 4.37. The van der Waals surface area contributed by atoms with E-state index in [2.05, 4.69) is 15.5 Å². The van der Waals surface area contributed by atoms with Gasteiger partial charge in [-0.3, -0.25) is 10.1 Å². The number of anilines is 1. The highest BCUT2D eigenvalue weighted by molar-refractivity contribution is 5.95. The molecule has 1 atom stereocenters. The number of carbonyl (C=O) groups is 2. The standard InChI is InChI=1S/C23H31N3O4/c1-23(2,3)30-22(28)25-18-11-7-17(8-12-18)21(27)24-15-20(26(4)5)16-9-13-19(29-6)14-10-16/h7-14,20H,15H2,1-6H3,(H,24,27)(H,25,28)/t20-/m1/s1. The molecule has 0 aliphatic heterocycles. The van der Waals surface area contributed by atoms with E-state index in [1.807, 2.05) is 38.4 Å². The zero-order valence-electron chi connectivity index (χ0n) is 18.5. The molecule has 0 heterocycles. The molecular weight excluding hydrogens is 382 g/mol. The fourth-order valence-corrected chi connectivity index (χ4v) is 2.84. The lowest BCUT2D eigenvalue weighted by molar-refractivity contribution is 0.0635. The van der Waals surface area contributed by atoms with E-state index in [0.29, 0.717) is 17.8 Å². The lowest BCUT2D eigenvalue weighted by Crippen LogP contribution is -2.34. The van der Waals surface area contributed by atoms with E-state index in [4.69, 9.17) is 9.47 Å². The molecule has 30 heavy (non-hydrogen) atoms. The summed E-state index contributed by atoms with van der Waals surface area (Å²) < 4.78 is 10.4. The molecule has 0 aliphatic carbocycles. The van der Waals surface area contributed by atoms with Crippen molar-refractivity contribution in [3.8, 4) is 5.75 Å². The summed E-state index contributed by atoms with van der Waals surface area (Å²) in [5.74, 6) is 0.611. The Labute approximate surface area is 178 Å². The Morgan fingerprint density at radius 3 is 2.10 bits per heavy atom. The van der Waals surface area contributed by atoms with Gasteiger partial charge in [0.25, 0.3) is 5.91 Å². The Morgan fingerprint density at radius 2 is 1.60 bits per heavy atom. The van der Waals surface area contributed by atoms with Gasteiger partial charge in [0.2, 0.25) is 0 Å². The van der Waals surface area contributed by atoms with Gasteiger partial charge in [0.05, 0.1) is 13.2 Å². The van der Waals surface area contributed by atoms with Gasteiger partial charge in [0.1, 0.15) is 11.4 Å². The van der Waals surface area contributed by atoms with Gasteiger partial charge < -0.3 is 19.7 Å². The number of hydrogen-bond acceptors (Lipinski definition) is 5. The van der Waals surface area contributed by atoms with E-state index in [9.17, 15) is 9.59 Å². The van der Waals surface area contributed by atoms with Crippen molar-refractivity contribution in [1.29, 1.82) is 0 Å². The zero-order chi connectivity index (χ0) is 22.3. The molecule has 2 amide bonds. The molecule has 7 nitrogen and oxygen atoms in total. The average Bonchev–Trinajstić information content (AvgIpc) is 2.67. The number of ether oxygens (including phenoxy) is 2. The molecule has 2 aromatic carbocycles. The second-order valence-corrected chi connectivity index (χ2v) is 8.17. The van der Waals surface area contributed by atoms with E-state index in [-0.39, 0.29) is 11.9 Å². The molecule has 2 aromatic rings. The average molecular weight is 414 g/mol. The van der Waals surface area contributed by atoms with Crippen LogP contribution in [-0.2, 0) is 4.74 Å². The number of methoxy groups -OCH3 is 1. The topological polar surface area (TPSA) is 79.9 Å². The number of hydrogen-bond donors (Lipinski definition) is 2. The summed E-state index contributed by atoms with van der Waals surface area (Å²) in [5.41, 5.74) is 1.58. The van der Waals surface area contributed by atoms with Crippen molar-refractivity contribution in [2.24, 2.45) is 0 Å². The minimum atomic E-state index is -0.573. The second-order valence-electron chi connectivity index (χ2n) is 8.17. The molecule has 0 radical (unpaired) electrons. The van der Waals surface area contributed by atoms with Crippen molar-refractivity contribution in [3.63, 3.8) is 0 Å². The van der Waals surface area contributed by atoms with Gasteiger partial charge >= 0.3 is 6.09 Å². The maximum absolute atomic E-state index is 12.6. The Hall–Kier alpha value is -3.06. The van der Waals surface area contributed by atoms with Gasteiger partial charge in [-0.05, 0) is 76.8 Å². The summed E-state index contributed by atoms with van der Waals surface area (Å²) in [6, 6.07) is 14.5. The quantitative estimate of drug-likeness (QED) is 0.715. The summed E-state index contributed by atoms with van der Waals surface area (Å²) >= 11 is 0. The van der Waals surface area contributed by atoms with E-state index in [1.54, 1.807) is 52.1 Å². The van der Waals surface area contributed by atoms with Crippen LogP contribution in [0.15, 0.2) is 48.5 Å². The molecule has 0 fully saturated rings. The molecule has 0 bridgehead atoms. The normalized spacial score (nSPS) is 12.2. The van der Waals surface area contributed by atoms with Crippen LogP contribution in [0.5, 0.6) is 5.75 Å². The molecule has 7 heteroatoms. The predicted molar refractivity (Wildman–Crippen MR) is 118 cm³/mol. The fourth-order valence-electron chi connectivity index (χ4n) is 2.84. The van der Waals surface area contributed by atoms with Crippen LogP contribution in [0, 0.1) is 0 Å². The number of carbonyl (C=O) groups excluding carboxylic acids is 2. The van der Waals surface area contributed by atoms with Gasteiger partial charge in [0.15, 0.2) is 0 Å². The minimum Gasteiger partial charge on any atom is -0.497 e. The maximum Gasteiger partial charge on any atom is 0.412 e. The lowest BCUT2D eigenvalue weighted by atomic mass is 10.1. The minimum absolute atomic E-state index is 0.0213. The van der Waals surface area contributed by atoms with Crippen molar-refractivity contribution >= 4 is 17.7 Å². The molecule has 0 saturated heterocycles. The van der Waals surface area contributed by atoms with Crippen LogP contribution in [-0.4, -0.2) is 50.3 Å². The summed E-state index contributed by atoms with van der Waals surface area (Å²) in [4.78, 5) is 26.5. The second kappa shape index (κ2) is 10.1. The van der Waals surface area contributed by atoms with Crippen LogP contribution >= 0.6 is 0 Å². The SMILES string of the molecule is COc1ccc([C@@H](CNC(=O)c2ccc(NC(=O)OC(C)(C)C)cc2)N(C)C)cc1. The van der Waals surface area contributed by atoms with Crippen molar-refractivity contribution in [1.82, 2.24) is 10.2 Å². The number of benzene rings is 2.